The second-order valence-electron chi connectivity index (χ2n) is 4.19. The molecule has 20 heavy (non-hydrogen) atoms. The van der Waals surface area contributed by atoms with Crippen LogP contribution in [0.4, 0.5) is 5.69 Å². The van der Waals surface area contributed by atoms with Crippen LogP contribution < -0.4 is 4.74 Å². The number of aryl methyl sites for hydroxylation is 2. The molecule has 0 amide bonds. The van der Waals surface area contributed by atoms with E-state index in [0.717, 1.165) is 0 Å². The summed E-state index contributed by atoms with van der Waals surface area (Å²) in [6, 6.07) is 9.47. The molecule has 0 fully saturated rings. The van der Waals surface area contributed by atoms with Gasteiger partial charge in [-0.05, 0) is 19.9 Å². The van der Waals surface area contributed by atoms with E-state index in [2.05, 4.69) is 4.98 Å². The fraction of sp³-hybridized carbons (Fsp3) is 0.143. The molecule has 2 rings (SSSR count). The number of hydrogen-bond acceptors (Lipinski definition) is 5. The summed E-state index contributed by atoms with van der Waals surface area (Å²) in [6.07, 6.45) is 0. The Kier molecular flexibility index (Phi) is 3.62. The topological polar surface area (TPSA) is 89.0 Å². The molecule has 0 radical (unpaired) electrons. The lowest BCUT2D eigenvalue weighted by atomic mass is 10.2. The van der Waals surface area contributed by atoms with Gasteiger partial charge in [-0.3, -0.25) is 15.1 Å². The molecule has 6 nitrogen and oxygen atoms in total. The lowest BCUT2D eigenvalue weighted by Gasteiger charge is -2.09. The Morgan fingerprint density at radius 1 is 1.35 bits per heavy atom. The third-order valence-corrected chi connectivity index (χ3v) is 2.66. The molecular formula is C14H11N3O3. The van der Waals surface area contributed by atoms with Gasteiger partial charge in [0.25, 0.3) is 5.69 Å². The molecule has 0 unspecified atom stereocenters. The van der Waals surface area contributed by atoms with Crippen LogP contribution in [0.25, 0.3) is 0 Å². The second kappa shape index (κ2) is 5.36. The van der Waals surface area contributed by atoms with Crippen molar-refractivity contribution in [2.24, 2.45) is 0 Å². The van der Waals surface area contributed by atoms with Crippen LogP contribution in [-0.4, -0.2) is 9.91 Å². The smallest absolute Gasteiger partial charge is 0.273 e. The predicted molar refractivity (Wildman–Crippen MR) is 71.6 cm³/mol. The van der Waals surface area contributed by atoms with Gasteiger partial charge in [0.15, 0.2) is 0 Å². The van der Waals surface area contributed by atoms with Crippen LogP contribution in [0.2, 0.25) is 0 Å². The van der Waals surface area contributed by atoms with Gasteiger partial charge >= 0.3 is 0 Å². The second-order valence-corrected chi connectivity index (χ2v) is 4.19. The van der Waals surface area contributed by atoms with Gasteiger partial charge in [0.2, 0.25) is 0 Å². The van der Waals surface area contributed by atoms with Crippen molar-refractivity contribution in [3.05, 3.63) is 57.4 Å². The van der Waals surface area contributed by atoms with Gasteiger partial charge in [-0.15, -0.1) is 0 Å². The summed E-state index contributed by atoms with van der Waals surface area (Å²) in [6.45, 7) is 3.50. The minimum atomic E-state index is -0.499. The number of non-ortho nitro benzene ring substituents is 1. The highest BCUT2D eigenvalue weighted by Gasteiger charge is 2.12. The van der Waals surface area contributed by atoms with E-state index in [0.29, 0.717) is 28.5 Å². The van der Waals surface area contributed by atoms with E-state index in [1.165, 1.54) is 18.2 Å². The van der Waals surface area contributed by atoms with Gasteiger partial charge in [-0.2, -0.15) is 5.26 Å². The zero-order chi connectivity index (χ0) is 14.7. The summed E-state index contributed by atoms with van der Waals surface area (Å²) < 4.78 is 5.59. The molecule has 0 bridgehead atoms. The molecule has 0 aliphatic carbocycles. The van der Waals surface area contributed by atoms with Crippen molar-refractivity contribution in [2.45, 2.75) is 13.8 Å². The summed E-state index contributed by atoms with van der Waals surface area (Å²) in [5, 5.41) is 19.9. The van der Waals surface area contributed by atoms with Crippen LogP contribution in [0.1, 0.15) is 17.0 Å². The summed E-state index contributed by atoms with van der Waals surface area (Å²) in [5.41, 5.74) is 1.53. The predicted octanol–water partition coefficient (Wildman–Crippen LogP) is 3.27. The Balaban J connectivity index is 2.42. The Morgan fingerprint density at radius 2 is 2.10 bits per heavy atom. The van der Waals surface area contributed by atoms with Crippen LogP contribution in [0.3, 0.4) is 0 Å². The number of nitrogens with zero attached hydrogens (tertiary/aromatic N) is 3. The van der Waals surface area contributed by atoms with Crippen molar-refractivity contribution in [3.63, 3.8) is 0 Å². The van der Waals surface area contributed by atoms with E-state index in [1.54, 1.807) is 26.0 Å². The fourth-order valence-corrected chi connectivity index (χ4v) is 1.80. The van der Waals surface area contributed by atoms with Gasteiger partial charge < -0.3 is 4.74 Å². The summed E-state index contributed by atoms with van der Waals surface area (Å²) in [7, 11) is 0. The van der Waals surface area contributed by atoms with E-state index >= 15 is 0 Å². The maximum absolute atomic E-state index is 10.7. The lowest BCUT2D eigenvalue weighted by Crippen LogP contribution is -1.96. The highest BCUT2D eigenvalue weighted by Crippen LogP contribution is 2.29. The normalized spacial score (nSPS) is 9.85. The average Bonchev–Trinajstić information content (AvgIpc) is 2.38. The SMILES string of the molecule is Cc1cc(Oc2cccc([N+](=O)[O-])c2)c(C#N)c(C)n1. The standard InChI is InChI=1S/C14H11N3O3/c1-9-6-14(13(8-15)10(2)16-9)20-12-5-3-4-11(7-12)17(18)19/h3-7H,1-2H3. The van der Waals surface area contributed by atoms with E-state index in [-0.39, 0.29) is 5.69 Å². The van der Waals surface area contributed by atoms with E-state index in [1.807, 2.05) is 6.07 Å². The highest BCUT2D eigenvalue weighted by molar-refractivity contribution is 5.49. The van der Waals surface area contributed by atoms with Crippen molar-refractivity contribution in [1.82, 2.24) is 4.98 Å². The van der Waals surface area contributed by atoms with Crippen molar-refractivity contribution < 1.29 is 9.66 Å². The number of benzene rings is 1. The Bertz CT molecular complexity index is 720. The molecule has 0 saturated heterocycles. The molecule has 1 aromatic heterocycles. The van der Waals surface area contributed by atoms with Crippen molar-refractivity contribution >= 4 is 5.69 Å². The first-order valence-corrected chi connectivity index (χ1v) is 5.82. The van der Waals surface area contributed by atoms with Crippen molar-refractivity contribution in [1.29, 1.82) is 5.26 Å². The number of ether oxygens (including phenoxy) is 1. The summed E-state index contributed by atoms with van der Waals surface area (Å²) >= 11 is 0. The van der Waals surface area contributed by atoms with Gasteiger partial charge in [0.05, 0.1) is 16.7 Å². The maximum Gasteiger partial charge on any atom is 0.273 e. The lowest BCUT2D eigenvalue weighted by molar-refractivity contribution is -0.384. The van der Waals surface area contributed by atoms with Gasteiger partial charge in [0, 0.05) is 17.8 Å². The maximum atomic E-state index is 10.7. The number of rotatable bonds is 3. The quantitative estimate of drug-likeness (QED) is 0.630. The summed E-state index contributed by atoms with van der Waals surface area (Å²) in [4.78, 5) is 14.4. The third-order valence-electron chi connectivity index (χ3n) is 2.66. The molecule has 0 spiro atoms. The van der Waals surface area contributed by atoms with E-state index < -0.39 is 4.92 Å². The number of aromatic nitrogens is 1. The summed E-state index contributed by atoms with van der Waals surface area (Å²) in [5.74, 6) is 0.652. The Hall–Kier alpha value is -2.94. The molecule has 6 heteroatoms. The molecule has 2 aromatic rings. The molecule has 0 atom stereocenters. The number of nitro benzene ring substituents is 1. The number of nitro groups is 1. The molecule has 0 aliphatic heterocycles. The van der Waals surface area contributed by atoms with Gasteiger partial charge in [-0.25, -0.2) is 0 Å². The zero-order valence-electron chi connectivity index (χ0n) is 11.0. The molecule has 0 aliphatic rings. The molecule has 0 saturated carbocycles. The van der Waals surface area contributed by atoms with Gasteiger partial charge in [0.1, 0.15) is 23.1 Å². The Morgan fingerprint density at radius 3 is 2.75 bits per heavy atom. The van der Waals surface area contributed by atoms with Crippen molar-refractivity contribution in [2.75, 3.05) is 0 Å². The molecular weight excluding hydrogens is 258 g/mol. The zero-order valence-corrected chi connectivity index (χ0v) is 11.0. The highest BCUT2D eigenvalue weighted by atomic mass is 16.6. The number of nitriles is 1. The first kappa shape index (κ1) is 13.5. The van der Waals surface area contributed by atoms with E-state index in [4.69, 9.17) is 10.00 Å². The van der Waals surface area contributed by atoms with Gasteiger partial charge in [-0.1, -0.05) is 6.07 Å². The van der Waals surface area contributed by atoms with Crippen LogP contribution in [0.5, 0.6) is 11.5 Å². The molecule has 1 heterocycles. The largest absolute Gasteiger partial charge is 0.456 e. The first-order chi connectivity index (χ1) is 9.51. The monoisotopic (exact) mass is 269 g/mol. The van der Waals surface area contributed by atoms with Crippen LogP contribution in [-0.2, 0) is 0 Å². The van der Waals surface area contributed by atoms with E-state index in [9.17, 15) is 10.1 Å². The van der Waals surface area contributed by atoms with Crippen LogP contribution in [0, 0.1) is 35.3 Å². The number of pyridine rings is 1. The number of hydrogen-bond donors (Lipinski definition) is 0. The average molecular weight is 269 g/mol. The molecule has 100 valence electrons. The van der Waals surface area contributed by atoms with Crippen LogP contribution >= 0.6 is 0 Å². The molecule has 1 aromatic carbocycles. The van der Waals surface area contributed by atoms with Crippen LogP contribution in [0.15, 0.2) is 30.3 Å². The Labute approximate surface area is 115 Å². The minimum Gasteiger partial charge on any atom is -0.456 e. The first-order valence-electron chi connectivity index (χ1n) is 5.82. The molecule has 0 N–H and O–H groups in total. The third kappa shape index (κ3) is 2.72. The van der Waals surface area contributed by atoms with Crippen molar-refractivity contribution in [3.8, 4) is 17.6 Å². The fourth-order valence-electron chi connectivity index (χ4n) is 1.80. The minimum absolute atomic E-state index is 0.0662.